The first-order valence-corrected chi connectivity index (χ1v) is 10.3. The maximum absolute atomic E-state index is 15.0. The molecule has 31 heavy (non-hydrogen) atoms. The molecule has 0 unspecified atom stereocenters. The van der Waals surface area contributed by atoms with Crippen LogP contribution in [0, 0.1) is 29.3 Å². The average molecular weight is 414 g/mol. The van der Waals surface area contributed by atoms with Crippen LogP contribution in [0.1, 0.15) is 36.5 Å². The number of fused-ring (bicyclic) bond motifs is 1. The molecule has 0 saturated heterocycles. The molecule has 154 valence electrons. The number of unbranched alkanes of at least 4 members (excludes halogenated alkanes) is 1. The Kier molecular flexibility index (Phi) is 6.09. The van der Waals surface area contributed by atoms with Gasteiger partial charge >= 0.3 is 0 Å². The molecule has 0 N–H and O–H groups in total. The van der Waals surface area contributed by atoms with Crippen LogP contribution < -0.4 is 0 Å². The van der Waals surface area contributed by atoms with Crippen LogP contribution in [0.15, 0.2) is 72.8 Å². The van der Waals surface area contributed by atoms with E-state index < -0.39 is 17.5 Å². The predicted molar refractivity (Wildman–Crippen MR) is 120 cm³/mol. The van der Waals surface area contributed by atoms with Crippen molar-refractivity contribution in [1.82, 2.24) is 0 Å². The molecule has 4 aromatic carbocycles. The van der Waals surface area contributed by atoms with E-state index in [-0.39, 0.29) is 5.56 Å². The van der Waals surface area contributed by atoms with Gasteiger partial charge < -0.3 is 0 Å². The molecule has 0 aromatic heterocycles. The van der Waals surface area contributed by atoms with E-state index in [9.17, 15) is 8.78 Å². The van der Waals surface area contributed by atoms with Crippen LogP contribution in [0.3, 0.4) is 0 Å². The lowest BCUT2D eigenvalue weighted by Gasteiger charge is -2.08. The molecule has 0 radical (unpaired) electrons. The molecule has 0 spiro atoms. The van der Waals surface area contributed by atoms with Gasteiger partial charge in [0.05, 0.1) is 0 Å². The normalized spacial score (nSPS) is 10.7. The van der Waals surface area contributed by atoms with E-state index >= 15 is 4.39 Å². The summed E-state index contributed by atoms with van der Waals surface area (Å²) in [6.45, 7) is 2.18. The molecule has 4 rings (SSSR count). The van der Waals surface area contributed by atoms with Gasteiger partial charge in [-0.05, 0) is 65.8 Å². The van der Waals surface area contributed by atoms with Crippen molar-refractivity contribution >= 4 is 10.8 Å². The van der Waals surface area contributed by atoms with E-state index in [1.807, 2.05) is 18.2 Å². The largest absolute Gasteiger partial charge is 0.206 e. The van der Waals surface area contributed by atoms with Gasteiger partial charge in [-0.3, -0.25) is 0 Å². The van der Waals surface area contributed by atoms with Gasteiger partial charge in [-0.2, -0.15) is 0 Å². The molecule has 0 atom stereocenters. The van der Waals surface area contributed by atoms with E-state index in [2.05, 4.69) is 30.9 Å². The summed E-state index contributed by atoms with van der Waals surface area (Å²) < 4.78 is 41.8. The monoisotopic (exact) mass is 414 g/mol. The zero-order chi connectivity index (χ0) is 21.8. The maximum Gasteiger partial charge on any atom is 0.159 e. The standard InChI is InChI=1S/C28H21F3/c1-2-3-4-19-5-7-20(8-6-19)9-10-21-11-14-24-22(17-21)12-15-25(28(24)31)23-13-16-26(29)27(30)18-23/h5-8,11-18H,2-4H2,1H3. The Bertz CT molecular complexity index is 1290. The van der Waals surface area contributed by atoms with E-state index in [1.54, 1.807) is 24.3 Å². The van der Waals surface area contributed by atoms with Gasteiger partial charge in [0.1, 0.15) is 5.82 Å². The SMILES string of the molecule is CCCCc1ccc(C#Cc2ccc3c(F)c(-c4ccc(F)c(F)c4)ccc3c2)cc1. The number of hydrogen-bond donors (Lipinski definition) is 0. The van der Waals surface area contributed by atoms with Crippen LogP contribution >= 0.6 is 0 Å². The first-order chi connectivity index (χ1) is 15.0. The lowest BCUT2D eigenvalue weighted by atomic mass is 9.99. The molecule has 0 amide bonds. The van der Waals surface area contributed by atoms with Gasteiger partial charge in [-0.15, -0.1) is 0 Å². The molecular formula is C28H21F3. The molecule has 0 saturated carbocycles. The highest BCUT2D eigenvalue weighted by Gasteiger charge is 2.12. The molecule has 0 aliphatic heterocycles. The Morgan fingerprint density at radius 2 is 1.45 bits per heavy atom. The van der Waals surface area contributed by atoms with Crippen molar-refractivity contribution < 1.29 is 13.2 Å². The smallest absolute Gasteiger partial charge is 0.159 e. The fourth-order valence-corrected chi connectivity index (χ4v) is 3.54. The molecule has 0 bridgehead atoms. The van der Waals surface area contributed by atoms with Crippen LogP contribution in [0.4, 0.5) is 13.2 Å². The second-order valence-corrected chi connectivity index (χ2v) is 7.54. The molecule has 0 nitrogen and oxygen atoms in total. The second-order valence-electron chi connectivity index (χ2n) is 7.54. The van der Waals surface area contributed by atoms with Crippen LogP contribution in [-0.2, 0) is 6.42 Å². The van der Waals surface area contributed by atoms with Crippen molar-refractivity contribution in [3.05, 3.63) is 107 Å². The summed E-state index contributed by atoms with van der Waals surface area (Å²) in [5, 5.41) is 1.11. The molecule has 0 heterocycles. The summed E-state index contributed by atoms with van der Waals surface area (Å²) in [5.41, 5.74) is 3.55. The molecule has 0 aliphatic carbocycles. The highest BCUT2D eigenvalue weighted by atomic mass is 19.2. The van der Waals surface area contributed by atoms with Gasteiger partial charge in [0.25, 0.3) is 0 Å². The van der Waals surface area contributed by atoms with Crippen LogP contribution in [0.5, 0.6) is 0 Å². The van der Waals surface area contributed by atoms with Crippen molar-refractivity contribution in [1.29, 1.82) is 0 Å². The summed E-state index contributed by atoms with van der Waals surface area (Å²) >= 11 is 0. The Hall–Kier alpha value is -3.51. The van der Waals surface area contributed by atoms with E-state index in [4.69, 9.17) is 0 Å². The minimum atomic E-state index is -0.999. The van der Waals surface area contributed by atoms with Gasteiger partial charge in [-0.25, -0.2) is 13.2 Å². The third-order valence-electron chi connectivity index (χ3n) is 5.31. The topological polar surface area (TPSA) is 0 Å². The van der Waals surface area contributed by atoms with Gasteiger partial charge in [0.2, 0.25) is 0 Å². The lowest BCUT2D eigenvalue weighted by molar-refractivity contribution is 0.509. The van der Waals surface area contributed by atoms with Crippen molar-refractivity contribution in [2.24, 2.45) is 0 Å². The number of aryl methyl sites for hydroxylation is 1. The Labute approximate surface area is 180 Å². The Morgan fingerprint density at radius 1 is 0.710 bits per heavy atom. The zero-order valence-electron chi connectivity index (χ0n) is 17.2. The molecular weight excluding hydrogens is 393 g/mol. The zero-order valence-corrected chi connectivity index (χ0v) is 17.2. The molecule has 4 aromatic rings. The Balaban J connectivity index is 1.61. The summed E-state index contributed by atoms with van der Waals surface area (Å²) in [7, 11) is 0. The number of rotatable bonds is 4. The average Bonchev–Trinajstić information content (AvgIpc) is 2.79. The van der Waals surface area contributed by atoms with Crippen LogP contribution in [0.25, 0.3) is 21.9 Å². The third kappa shape index (κ3) is 4.64. The highest BCUT2D eigenvalue weighted by Crippen LogP contribution is 2.30. The fraction of sp³-hybridized carbons (Fsp3) is 0.143. The number of hydrogen-bond acceptors (Lipinski definition) is 0. The van der Waals surface area contributed by atoms with Crippen molar-refractivity contribution in [3.63, 3.8) is 0 Å². The quantitative estimate of drug-likeness (QED) is 0.301. The van der Waals surface area contributed by atoms with Gasteiger partial charge in [0.15, 0.2) is 11.6 Å². The second kappa shape index (κ2) is 9.10. The maximum atomic E-state index is 15.0. The molecule has 0 fully saturated rings. The van der Waals surface area contributed by atoms with Crippen molar-refractivity contribution in [2.75, 3.05) is 0 Å². The lowest BCUT2D eigenvalue weighted by Crippen LogP contribution is -1.90. The summed E-state index contributed by atoms with van der Waals surface area (Å²) in [5.74, 6) is 3.86. The fourth-order valence-electron chi connectivity index (χ4n) is 3.54. The predicted octanol–water partition coefficient (Wildman–Crippen LogP) is 7.67. The van der Waals surface area contributed by atoms with E-state index in [1.165, 1.54) is 24.5 Å². The summed E-state index contributed by atoms with van der Waals surface area (Å²) in [6, 6.07) is 20.3. The number of benzene rings is 4. The summed E-state index contributed by atoms with van der Waals surface area (Å²) in [6.07, 6.45) is 3.43. The van der Waals surface area contributed by atoms with E-state index in [0.717, 1.165) is 29.7 Å². The highest BCUT2D eigenvalue weighted by molar-refractivity contribution is 5.89. The minimum absolute atomic E-state index is 0.230. The van der Waals surface area contributed by atoms with Crippen molar-refractivity contribution in [3.8, 4) is 23.0 Å². The molecule has 3 heteroatoms. The van der Waals surface area contributed by atoms with E-state index in [0.29, 0.717) is 16.3 Å². The van der Waals surface area contributed by atoms with Gasteiger partial charge in [0, 0.05) is 22.1 Å². The van der Waals surface area contributed by atoms with Gasteiger partial charge in [-0.1, -0.05) is 61.6 Å². The minimum Gasteiger partial charge on any atom is -0.206 e. The summed E-state index contributed by atoms with van der Waals surface area (Å²) in [4.78, 5) is 0. The first-order valence-electron chi connectivity index (χ1n) is 10.3. The van der Waals surface area contributed by atoms with Crippen LogP contribution in [0.2, 0.25) is 0 Å². The first kappa shape index (κ1) is 20.8. The number of halogens is 3. The molecule has 0 aliphatic rings. The van der Waals surface area contributed by atoms with Crippen LogP contribution in [-0.4, -0.2) is 0 Å². The van der Waals surface area contributed by atoms with Crippen molar-refractivity contribution in [2.45, 2.75) is 26.2 Å². The third-order valence-corrected chi connectivity index (χ3v) is 5.31. The Morgan fingerprint density at radius 3 is 2.19 bits per heavy atom.